The second-order valence-electron chi connectivity index (χ2n) is 6.19. The lowest BCUT2D eigenvalue weighted by Crippen LogP contribution is -2.29. The monoisotopic (exact) mass is 326 g/mol. The van der Waals surface area contributed by atoms with Crippen molar-refractivity contribution in [3.05, 3.63) is 65.2 Å². The van der Waals surface area contributed by atoms with Crippen molar-refractivity contribution in [1.29, 1.82) is 0 Å². The molecule has 0 aliphatic heterocycles. The first-order valence-electron chi connectivity index (χ1n) is 8.39. The fraction of sp³-hybridized carbons (Fsp3) is 0.350. The van der Waals surface area contributed by atoms with E-state index < -0.39 is 0 Å². The summed E-state index contributed by atoms with van der Waals surface area (Å²) in [7, 11) is 0. The zero-order valence-corrected chi connectivity index (χ0v) is 14.0. The first kappa shape index (κ1) is 16.1. The summed E-state index contributed by atoms with van der Waals surface area (Å²) in [4.78, 5) is 4.87. The SMILES string of the molecule is Clc1ccc(C=N[C@@H]2CCCC[C@H]2CNc2ccccc2)cc1. The number of halogens is 1. The van der Waals surface area contributed by atoms with Crippen molar-refractivity contribution < 1.29 is 0 Å². The van der Waals surface area contributed by atoms with Crippen molar-refractivity contribution in [2.75, 3.05) is 11.9 Å². The van der Waals surface area contributed by atoms with Crippen molar-refractivity contribution in [3.8, 4) is 0 Å². The predicted octanol–water partition coefficient (Wildman–Crippen LogP) is 5.43. The van der Waals surface area contributed by atoms with Crippen molar-refractivity contribution in [2.24, 2.45) is 10.9 Å². The van der Waals surface area contributed by atoms with E-state index in [4.69, 9.17) is 16.6 Å². The summed E-state index contributed by atoms with van der Waals surface area (Å²) >= 11 is 5.93. The average molecular weight is 327 g/mol. The van der Waals surface area contributed by atoms with Crippen LogP contribution in [0, 0.1) is 5.92 Å². The molecule has 2 nitrogen and oxygen atoms in total. The molecule has 120 valence electrons. The van der Waals surface area contributed by atoms with Crippen LogP contribution in [0.5, 0.6) is 0 Å². The lowest BCUT2D eigenvalue weighted by atomic mass is 9.84. The molecular formula is C20H23ClN2. The van der Waals surface area contributed by atoms with E-state index in [2.05, 4.69) is 29.6 Å². The van der Waals surface area contributed by atoms with Crippen LogP contribution >= 0.6 is 11.6 Å². The highest BCUT2D eigenvalue weighted by molar-refractivity contribution is 6.30. The van der Waals surface area contributed by atoms with Gasteiger partial charge in [0, 0.05) is 23.5 Å². The lowest BCUT2D eigenvalue weighted by molar-refractivity contribution is 0.324. The Kier molecular flexibility index (Phi) is 5.71. The minimum Gasteiger partial charge on any atom is -0.385 e. The molecule has 2 atom stereocenters. The molecule has 0 heterocycles. The summed E-state index contributed by atoms with van der Waals surface area (Å²) in [5, 5.41) is 4.33. The van der Waals surface area contributed by atoms with E-state index in [9.17, 15) is 0 Å². The van der Waals surface area contributed by atoms with Crippen molar-refractivity contribution in [3.63, 3.8) is 0 Å². The van der Waals surface area contributed by atoms with Gasteiger partial charge in [-0.3, -0.25) is 4.99 Å². The number of benzene rings is 2. The summed E-state index contributed by atoms with van der Waals surface area (Å²) < 4.78 is 0. The standard InChI is InChI=1S/C20H23ClN2/c21-18-12-10-16(11-13-18)14-23-20-9-5-4-6-17(20)15-22-19-7-2-1-3-8-19/h1-3,7-8,10-14,17,20,22H,4-6,9,15H2/t17-,20+/m0/s1. The highest BCUT2D eigenvalue weighted by Gasteiger charge is 2.23. The van der Waals surface area contributed by atoms with Crippen LogP contribution in [0.2, 0.25) is 5.02 Å². The Balaban J connectivity index is 1.60. The van der Waals surface area contributed by atoms with E-state index in [-0.39, 0.29) is 0 Å². The van der Waals surface area contributed by atoms with Crippen molar-refractivity contribution in [1.82, 2.24) is 0 Å². The molecule has 1 N–H and O–H groups in total. The molecule has 0 spiro atoms. The highest BCUT2D eigenvalue weighted by atomic mass is 35.5. The Morgan fingerprint density at radius 3 is 2.52 bits per heavy atom. The third-order valence-corrected chi connectivity index (χ3v) is 4.75. The van der Waals surface area contributed by atoms with Gasteiger partial charge in [-0.15, -0.1) is 0 Å². The molecule has 1 aliphatic rings. The Bertz CT molecular complexity index is 622. The summed E-state index contributed by atoms with van der Waals surface area (Å²) in [5.41, 5.74) is 2.31. The van der Waals surface area contributed by atoms with Gasteiger partial charge in [-0.25, -0.2) is 0 Å². The largest absolute Gasteiger partial charge is 0.385 e. The van der Waals surface area contributed by atoms with Crippen LogP contribution in [0.25, 0.3) is 0 Å². The number of hydrogen-bond donors (Lipinski definition) is 1. The van der Waals surface area contributed by atoms with Crippen LogP contribution in [-0.2, 0) is 0 Å². The minimum absolute atomic E-state index is 0.413. The third-order valence-electron chi connectivity index (χ3n) is 4.50. The number of hydrogen-bond acceptors (Lipinski definition) is 2. The zero-order valence-electron chi connectivity index (χ0n) is 13.3. The van der Waals surface area contributed by atoms with Crippen LogP contribution in [0.4, 0.5) is 5.69 Å². The van der Waals surface area contributed by atoms with Crippen LogP contribution < -0.4 is 5.32 Å². The fourth-order valence-corrected chi connectivity index (χ4v) is 3.28. The van der Waals surface area contributed by atoms with Gasteiger partial charge in [0.15, 0.2) is 0 Å². The van der Waals surface area contributed by atoms with Crippen molar-refractivity contribution in [2.45, 2.75) is 31.7 Å². The van der Waals surface area contributed by atoms with E-state index in [0.717, 1.165) is 17.1 Å². The van der Waals surface area contributed by atoms with E-state index in [1.165, 1.54) is 31.4 Å². The van der Waals surface area contributed by atoms with Gasteiger partial charge in [0.1, 0.15) is 0 Å². The maximum atomic E-state index is 5.93. The molecule has 3 heteroatoms. The second kappa shape index (κ2) is 8.16. The molecular weight excluding hydrogens is 304 g/mol. The molecule has 3 rings (SSSR count). The Hall–Kier alpha value is -1.80. The first-order valence-corrected chi connectivity index (χ1v) is 8.77. The summed E-state index contributed by atoms with van der Waals surface area (Å²) in [6, 6.07) is 18.7. The van der Waals surface area contributed by atoms with Crippen molar-refractivity contribution >= 4 is 23.5 Å². The molecule has 0 unspecified atom stereocenters. The molecule has 0 aromatic heterocycles. The van der Waals surface area contributed by atoms with Gasteiger partial charge in [-0.2, -0.15) is 0 Å². The van der Waals surface area contributed by atoms with E-state index in [0.29, 0.717) is 12.0 Å². The number of nitrogens with one attached hydrogen (secondary N) is 1. The maximum absolute atomic E-state index is 5.93. The molecule has 0 bridgehead atoms. The van der Waals surface area contributed by atoms with Crippen LogP contribution in [-0.4, -0.2) is 18.8 Å². The number of rotatable bonds is 5. The predicted molar refractivity (Wildman–Crippen MR) is 99.7 cm³/mol. The number of aliphatic imine (C=N–C) groups is 1. The molecule has 2 aromatic carbocycles. The lowest BCUT2D eigenvalue weighted by Gasteiger charge is -2.29. The topological polar surface area (TPSA) is 24.4 Å². The van der Waals surface area contributed by atoms with Gasteiger partial charge in [0.2, 0.25) is 0 Å². The average Bonchev–Trinajstić information content (AvgIpc) is 2.61. The number of anilines is 1. The number of nitrogens with zero attached hydrogens (tertiary/aromatic N) is 1. The quantitative estimate of drug-likeness (QED) is 0.728. The molecule has 2 aromatic rings. The van der Waals surface area contributed by atoms with Gasteiger partial charge in [0.25, 0.3) is 0 Å². The van der Waals surface area contributed by atoms with Crippen LogP contribution in [0.1, 0.15) is 31.2 Å². The van der Waals surface area contributed by atoms with Gasteiger partial charge in [-0.05, 0) is 48.6 Å². The highest BCUT2D eigenvalue weighted by Crippen LogP contribution is 2.27. The fourth-order valence-electron chi connectivity index (χ4n) is 3.16. The first-order chi connectivity index (χ1) is 11.3. The maximum Gasteiger partial charge on any atom is 0.0544 e. The smallest absolute Gasteiger partial charge is 0.0544 e. The van der Waals surface area contributed by atoms with Gasteiger partial charge in [0.05, 0.1) is 6.04 Å². The molecule has 1 fully saturated rings. The van der Waals surface area contributed by atoms with Gasteiger partial charge < -0.3 is 5.32 Å². The van der Waals surface area contributed by atoms with E-state index in [1.54, 1.807) is 0 Å². The summed E-state index contributed by atoms with van der Waals surface area (Å²) in [6.45, 7) is 0.993. The molecule has 0 amide bonds. The van der Waals surface area contributed by atoms with E-state index in [1.807, 2.05) is 36.5 Å². The molecule has 1 saturated carbocycles. The Morgan fingerprint density at radius 2 is 1.74 bits per heavy atom. The molecule has 1 aliphatic carbocycles. The normalized spacial score (nSPS) is 21.4. The number of para-hydroxylation sites is 1. The van der Waals surface area contributed by atoms with Gasteiger partial charge >= 0.3 is 0 Å². The zero-order chi connectivity index (χ0) is 15.9. The van der Waals surface area contributed by atoms with Crippen LogP contribution in [0.15, 0.2) is 59.6 Å². The molecule has 0 radical (unpaired) electrons. The third kappa shape index (κ3) is 4.84. The summed E-state index contributed by atoms with van der Waals surface area (Å²) in [5.74, 6) is 0.604. The Labute approximate surface area is 143 Å². The van der Waals surface area contributed by atoms with E-state index >= 15 is 0 Å². The molecule has 0 saturated heterocycles. The second-order valence-corrected chi connectivity index (χ2v) is 6.62. The minimum atomic E-state index is 0.413. The van der Waals surface area contributed by atoms with Crippen LogP contribution in [0.3, 0.4) is 0 Å². The Morgan fingerprint density at radius 1 is 1.00 bits per heavy atom. The molecule has 23 heavy (non-hydrogen) atoms. The van der Waals surface area contributed by atoms with Gasteiger partial charge in [-0.1, -0.05) is 54.8 Å². The summed E-state index contributed by atoms with van der Waals surface area (Å²) in [6.07, 6.45) is 7.04.